The molecule has 20 heavy (non-hydrogen) atoms. The molecular formula is C12H10F2N4O2. The number of methoxy groups -OCH3 is 1. The summed E-state index contributed by atoms with van der Waals surface area (Å²) in [6.45, 7) is 0.710. The van der Waals surface area contributed by atoms with Gasteiger partial charge in [0.2, 0.25) is 5.95 Å². The van der Waals surface area contributed by atoms with Gasteiger partial charge in [-0.3, -0.25) is 0 Å². The molecule has 1 aromatic carbocycles. The zero-order valence-electron chi connectivity index (χ0n) is 10.5. The van der Waals surface area contributed by atoms with E-state index in [0.29, 0.717) is 13.1 Å². The van der Waals surface area contributed by atoms with Crippen LogP contribution in [0, 0.1) is 11.6 Å². The van der Waals surface area contributed by atoms with E-state index in [1.54, 1.807) is 0 Å². The summed E-state index contributed by atoms with van der Waals surface area (Å²) < 4.78 is 33.5. The normalized spacial score (nSPS) is 13.4. The number of rotatable bonds is 2. The van der Waals surface area contributed by atoms with Crippen molar-refractivity contribution in [1.82, 2.24) is 14.8 Å². The molecule has 0 saturated heterocycles. The molecule has 0 unspecified atom stereocenters. The molecule has 104 valence electrons. The molecule has 0 amide bonds. The van der Waals surface area contributed by atoms with Gasteiger partial charge in [-0.1, -0.05) is 6.07 Å². The number of fused-ring (bicyclic) bond motifs is 1. The highest BCUT2D eigenvalue weighted by molar-refractivity contribution is 5.85. The van der Waals surface area contributed by atoms with Gasteiger partial charge in [-0.15, -0.1) is 5.10 Å². The molecule has 8 heteroatoms. The van der Waals surface area contributed by atoms with Crippen molar-refractivity contribution in [3.05, 3.63) is 35.7 Å². The van der Waals surface area contributed by atoms with E-state index >= 15 is 0 Å². The summed E-state index contributed by atoms with van der Waals surface area (Å²) in [6, 6.07) is 3.62. The first-order valence-corrected chi connectivity index (χ1v) is 5.86. The van der Waals surface area contributed by atoms with Crippen LogP contribution in [0.25, 0.3) is 0 Å². The van der Waals surface area contributed by atoms with Gasteiger partial charge in [0.1, 0.15) is 17.3 Å². The zero-order chi connectivity index (χ0) is 14.3. The first kappa shape index (κ1) is 12.5. The molecule has 0 N–H and O–H groups in total. The van der Waals surface area contributed by atoms with Gasteiger partial charge in [0.05, 0.1) is 13.7 Å². The Balaban J connectivity index is 2.05. The number of aromatic nitrogens is 3. The maximum atomic E-state index is 13.8. The topological polar surface area (TPSA) is 60.2 Å². The molecule has 0 radical (unpaired) electrons. The Morgan fingerprint density at radius 1 is 1.30 bits per heavy atom. The largest absolute Gasteiger partial charge is 0.463 e. The minimum Gasteiger partial charge on any atom is -0.463 e. The third-order valence-corrected chi connectivity index (χ3v) is 3.00. The minimum absolute atomic E-state index is 0.135. The van der Waals surface area contributed by atoms with Crippen molar-refractivity contribution in [3.63, 3.8) is 0 Å². The molecule has 3 rings (SSSR count). The Bertz CT molecular complexity index is 666. The van der Waals surface area contributed by atoms with Gasteiger partial charge in [0, 0.05) is 6.54 Å². The molecule has 1 aliphatic rings. The van der Waals surface area contributed by atoms with Crippen molar-refractivity contribution >= 4 is 17.6 Å². The molecule has 0 fully saturated rings. The second-order valence-electron chi connectivity index (χ2n) is 4.17. The molecule has 0 spiro atoms. The number of anilines is 2. The molecular weight excluding hydrogens is 270 g/mol. The highest BCUT2D eigenvalue weighted by Crippen LogP contribution is 2.32. The SMILES string of the molecule is COC(=O)c1nc2n(n1)CCN2c1c(F)cccc1F. The molecule has 6 nitrogen and oxygen atoms in total. The molecule has 0 saturated carbocycles. The smallest absolute Gasteiger partial charge is 0.378 e. The monoisotopic (exact) mass is 280 g/mol. The first-order chi connectivity index (χ1) is 9.61. The van der Waals surface area contributed by atoms with E-state index in [1.807, 2.05) is 0 Å². The second kappa shape index (κ2) is 4.55. The molecule has 2 heterocycles. The number of hydrogen-bond acceptors (Lipinski definition) is 5. The van der Waals surface area contributed by atoms with Crippen LogP contribution < -0.4 is 4.90 Å². The molecule has 1 aliphatic heterocycles. The molecule has 1 aromatic heterocycles. The van der Waals surface area contributed by atoms with Crippen molar-refractivity contribution in [3.8, 4) is 0 Å². The number of para-hydroxylation sites is 1. The van der Waals surface area contributed by atoms with Gasteiger partial charge >= 0.3 is 5.97 Å². The van der Waals surface area contributed by atoms with Crippen LogP contribution in [-0.4, -0.2) is 34.4 Å². The van der Waals surface area contributed by atoms with Crippen molar-refractivity contribution in [1.29, 1.82) is 0 Å². The third kappa shape index (κ3) is 1.80. The highest BCUT2D eigenvalue weighted by Gasteiger charge is 2.30. The van der Waals surface area contributed by atoms with E-state index in [4.69, 9.17) is 0 Å². The average Bonchev–Trinajstić information content (AvgIpc) is 2.99. The van der Waals surface area contributed by atoms with Crippen LogP contribution in [0.5, 0.6) is 0 Å². The second-order valence-corrected chi connectivity index (χ2v) is 4.17. The fourth-order valence-corrected chi connectivity index (χ4v) is 2.11. The van der Waals surface area contributed by atoms with E-state index in [1.165, 1.54) is 34.9 Å². The van der Waals surface area contributed by atoms with E-state index in [0.717, 1.165) is 0 Å². The quantitative estimate of drug-likeness (QED) is 0.780. The number of carbonyl (C=O) groups is 1. The summed E-state index contributed by atoms with van der Waals surface area (Å²) >= 11 is 0. The van der Waals surface area contributed by atoms with Gasteiger partial charge < -0.3 is 9.64 Å². The zero-order valence-corrected chi connectivity index (χ0v) is 10.5. The minimum atomic E-state index is -0.694. The van der Waals surface area contributed by atoms with E-state index in [9.17, 15) is 13.6 Å². The molecule has 2 aromatic rings. The Hall–Kier alpha value is -2.51. The van der Waals surface area contributed by atoms with Gasteiger partial charge in [-0.05, 0) is 12.1 Å². The maximum absolute atomic E-state index is 13.8. The summed E-state index contributed by atoms with van der Waals surface area (Å²) in [5.41, 5.74) is -0.199. The van der Waals surface area contributed by atoms with Crippen LogP contribution in [0.3, 0.4) is 0 Å². The summed E-state index contributed by atoms with van der Waals surface area (Å²) in [6.07, 6.45) is 0. The first-order valence-electron chi connectivity index (χ1n) is 5.86. The lowest BCUT2D eigenvalue weighted by Gasteiger charge is -2.17. The lowest BCUT2D eigenvalue weighted by atomic mass is 10.2. The standard InChI is InChI=1S/C12H10F2N4O2/c1-20-11(19)10-15-12-17(5-6-18(12)16-10)9-7(13)3-2-4-8(9)14/h2-4H,5-6H2,1H3. The predicted molar refractivity (Wildman–Crippen MR) is 64.7 cm³/mol. The molecule has 0 bridgehead atoms. The third-order valence-electron chi connectivity index (χ3n) is 3.00. The van der Waals surface area contributed by atoms with Crippen LogP contribution in [0.2, 0.25) is 0 Å². The predicted octanol–water partition coefficient (Wildman–Crippen LogP) is 1.49. The Morgan fingerprint density at radius 3 is 2.65 bits per heavy atom. The summed E-state index contributed by atoms with van der Waals surface area (Å²) in [7, 11) is 1.21. The summed E-state index contributed by atoms with van der Waals surface area (Å²) in [5, 5.41) is 3.94. The lowest BCUT2D eigenvalue weighted by Crippen LogP contribution is -2.18. The van der Waals surface area contributed by atoms with Crippen LogP contribution in [0.1, 0.15) is 10.6 Å². The van der Waals surface area contributed by atoms with Gasteiger partial charge in [-0.2, -0.15) is 4.98 Å². The number of benzene rings is 1. The van der Waals surface area contributed by atoms with Crippen molar-refractivity contribution in [2.45, 2.75) is 6.54 Å². The van der Waals surface area contributed by atoms with Gasteiger partial charge in [0.25, 0.3) is 5.82 Å². The maximum Gasteiger partial charge on any atom is 0.378 e. The van der Waals surface area contributed by atoms with Crippen LogP contribution in [0.15, 0.2) is 18.2 Å². The number of halogens is 2. The Morgan fingerprint density at radius 2 is 2.00 bits per heavy atom. The summed E-state index contributed by atoms with van der Waals surface area (Å²) in [4.78, 5) is 16.7. The Kier molecular flexibility index (Phi) is 2.85. The fourth-order valence-electron chi connectivity index (χ4n) is 2.11. The van der Waals surface area contributed by atoms with Crippen LogP contribution in [0.4, 0.5) is 20.4 Å². The molecule has 0 atom stereocenters. The van der Waals surface area contributed by atoms with E-state index < -0.39 is 17.6 Å². The van der Waals surface area contributed by atoms with Crippen LogP contribution >= 0.6 is 0 Å². The van der Waals surface area contributed by atoms with E-state index in [2.05, 4.69) is 14.8 Å². The number of ether oxygens (including phenoxy) is 1. The van der Waals surface area contributed by atoms with Crippen molar-refractivity contribution < 1.29 is 18.3 Å². The number of esters is 1. The van der Waals surface area contributed by atoms with E-state index in [-0.39, 0.29) is 17.5 Å². The lowest BCUT2D eigenvalue weighted by molar-refractivity contribution is 0.0586. The van der Waals surface area contributed by atoms with Crippen molar-refractivity contribution in [2.75, 3.05) is 18.6 Å². The average molecular weight is 280 g/mol. The van der Waals surface area contributed by atoms with Gasteiger partial charge in [0.15, 0.2) is 0 Å². The Labute approximate surface area is 112 Å². The number of hydrogen-bond donors (Lipinski definition) is 0. The fraction of sp³-hybridized carbons (Fsp3) is 0.250. The summed E-state index contributed by atoms with van der Waals surface area (Å²) in [5.74, 6) is -2.00. The number of carbonyl (C=O) groups excluding carboxylic acids is 1. The highest BCUT2D eigenvalue weighted by atomic mass is 19.1. The van der Waals surface area contributed by atoms with Crippen LogP contribution in [-0.2, 0) is 11.3 Å². The molecule has 0 aliphatic carbocycles. The van der Waals surface area contributed by atoms with Crippen molar-refractivity contribution in [2.24, 2.45) is 0 Å². The van der Waals surface area contributed by atoms with Gasteiger partial charge in [-0.25, -0.2) is 18.3 Å². The number of nitrogens with zero attached hydrogens (tertiary/aromatic N) is 4.